The summed E-state index contributed by atoms with van der Waals surface area (Å²) in [6.45, 7) is 0.792. The first kappa shape index (κ1) is 15.7. The van der Waals surface area contributed by atoms with Gasteiger partial charge in [0.15, 0.2) is 6.61 Å². The number of rotatable bonds is 5. The SMILES string of the molecule is CC(O)c1ccc(OCC(F)(F)c2ccccc2)c(Cl)c1. The molecule has 0 spiro atoms. The highest BCUT2D eigenvalue weighted by molar-refractivity contribution is 6.32. The van der Waals surface area contributed by atoms with Crippen molar-refractivity contribution in [3.63, 3.8) is 0 Å². The van der Waals surface area contributed by atoms with E-state index in [-0.39, 0.29) is 16.3 Å². The topological polar surface area (TPSA) is 29.5 Å². The zero-order chi connectivity index (χ0) is 15.5. The van der Waals surface area contributed by atoms with Gasteiger partial charge in [-0.15, -0.1) is 0 Å². The van der Waals surface area contributed by atoms with Gasteiger partial charge < -0.3 is 9.84 Å². The van der Waals surface area contributed by atoms with E-state index in [1.165, 1.54) is 24.3 Å². The number of ether oxygens (including phenoxy) is 1. The van der Waals surface area contributed by atoms with E-state index in [1.54, 1.807) is 31.2 Å². The standard InChI is InChI=1S/C16H15ClF2O2/c1-11(20)12-7-8-15(14(17)9-12)21-10-16(18,19)13-5-3-2-4-6-13/h2-9,11,20H,10H2,1H3. The molecule has 1 atom stereocenters. The number of aliphatic hydroxyl groups is 1. The number of alkyl halides is 2. The molecule has 0 amide bonds. The largest absolute Gasteiger partial charge is 0.485 e. The minimum absolute atomic E-state index is 0.110. The van der Waals surface area contributed by atoms with Crippen molar-refractivity contribution in [2.75, 3.05) is 6.61 Å². The summed E-state index contributed by atoms with van der Waals surface area (Å²) in [5, 5.41) is 9.62. The molecule has 0 fully saturated rings. The highest BCUT2D eigenvalue weighted by atomic mass is 35.5. The molecule has 0 saturated carbocycles. The van der Waals surface area contributed by atoms with Gasteiger partial charge in [0, 0.05) is 5.56 Å². The van der Waals surface area contributed by atoms with Crippen molar-refractivity contribution in [3.8, 4) is 5.75 Å². The molecular formula is C16H15ClF2O2. The molecule has 21 heavy (non-hydrogen) atoms. The molecule has 0 bridgehead atoms. The Labute approximate surface area is 126 Å². The molecule has 0 radical (unpaired) electrons. The molecule has 5 heteroatoms. The van der Waals surface area contributed by atoms with E-state index in [1.807, 2.05) is 0 Å². The molecule has 0 aromatic heterocycles. The van der Waals surface area contributed by atoms with E-state index in [0.29, 0.717) is 5.56 Å². The third-order valence-corrected chi connectivity index (χ3v) is 3.34. The lowest BCUT2D eigenvalue weighted by Crippen LogP contribution is -2.23. The minimum atomic E-state index is -3.10. The zero-order valence-corrected chi connectivity index (χ0v) is 12.1. The fraction of sp³-hybridized carbons (Fsp3) is 0.250. The van der Waals surface area contributed by atoms with Crippen molar-refractivity contribution in [1.82, 2.24) is 0 Å². The molecule has 0 aliphatic carbocycles. The Kier molecular flexibility index (Phi) is 4.80. The molecule has 2 rings (SSSR count). The van der Waals surface area contributed by atoms with Gasteiger partial charge >= 0.3 is 5.92 Å². The summed E-state index contributed by atoms with van der Waals surface area (Å²) in [5.74, 6) is -2.94. The molecule has 0 aliphatic heterocycles. The Hall–Kier alpha value is -1.65. The quantitative estimate of drug-likeness (QED) is 0.876. The highest BCUT2D eigenvalue weighted by Gasteiger charge is 2.32. The average Bonchev–Trinajstić information content (AvgIpc) is 2.46. The Morgan fingerprint density at radius 1 is 1.19 bits per heavy atom. The van der Waals surface area contributed by atoms with Crippen LogP contribution in [-0.2, 0) is 5.92 Å². The van der Waals surface area contributed by atoms with Crippen molar-refractivity contribution in [2.45, 2.75) is 19.0 Å². The van der Waals surface area contributed by atoms with E-state index >= 15 is 0 Å². The summed E-state index contributed by atoms with van der Waals surface area (Å²) < 4.78 is 33.1. The summed E-state index contributed by atoms with van der Waals surface area (Å²) in [5.41, 5.74) is 0.490. The Balaban J connectivity index is 2.09. The summed E-state index contributed by atoms with van der Waals surface area (Å²) in [6, 6.07) is 12.0. The molecule has 112 valence electrons. The van der Waals surface area contributed by atoms with Crippen LogP contribution < -0.4 is 4.74 Å². The van der Waals surface area contributed by atoms with Crippen LogP contribution in [0.1, 0.15) is 24.2 Å². The molecular weight excluding hydrogens is 298 g/mol. The summed E-state index contributed by atoms with van der Waals surface area (Å²) in [6.07, 6.45) is -0.678. The van der Waals surface area contributed by atoms with Gasteiger partial charge in [-0.3, -0.25) is 0 Å². The van der Waals surface area contributed by atoms with Crippen LogP contribution in [0.5, 0.6) is 5.75 Å². The van der Waals surface area contributed by atoms with Crippen LogP contribution in [0.4, 0.5) is 8.78 Å². The number of hydrogen-bond donors (Lipinski definition) is 1. The Morgan fingerprint density at radius 3 is 2.43 bits per heavy atom. The molecule has 2 aromatic carbocycles. The summed E-state index contributed by atoms with van der Waals surface area (Å²) in [4.78, 5) is 0. The van der Waals surface area contributed by atoms with Gasteiger partial charge in [0.1, 0.15) is 5.75 Å². The smallest absolute Gasteiger partial charge is 0.306 e. The van der Waals surface area contributed by atoms with Gasteiger partial charge in [0.05, 0.1) is 11.1 Å². The summed E-state index contributed by atoms with van der Waals surface area (Å²) in [7, 11) is 0. The maximum Gasteiger partial charge on any atom is 0.306 e. The monoisotopic (exact) mass is 312 g/mol. The molecule has 1 N–H and O–H groups in total. The first-order valence-corrected chi connectivity index (χ1v) is 6.81. The number of halogens is 3. The van der Waals surface area contributed by atoms with E-state index in [4.69, 9.17) is 16.3 Å². The van der Waals surface area contributed by atoms with Gasteiger partial charge in [-0.05, 0) is 24.6 Å². The number of benzene rings is 2. The molecule has 2 nitrogen and oxygen atoms in total. The third kappa shape index (κ3) is 3.93. The fourth-order valence-corrected chi connectivity index (χ4v) is 2.07. The lowest BCUT2D eigenvalue weighted by Gasteiger charge is -2.18. The van der Waals surface area contributed by atoms with Crippen molar-refractivity contribution >= 4 is 11.6 Å². The second-order valence-electron chi connectivity index (χ2n) is 4.72. The van der Waals surface area contributed by atoms with Crippen molar-refractivity contribution in [2.24, 2.45) is 0 Å². The van der Waals surface area contributed by atoms with Crippen LogP contribution in [0.2, 0.25) is 5.02 Å². The van der Waals surface area contributed by atoms with Crippen LogP contribution in [0.15, 0.2) is 48.5 Å². The predicted octanol–water partition coefficient (Wildman–Crippen LogP) is 4.56. The number of aliphatic hydroxyl groups excluding tert-OH is 1. The van der Waals surface area contributed by atoms with E-state index in [2.05, 4.69) is 0 Å². The van der Waals surface area contributed by atoms with Crippen LogP contribution >= 0.6 is 11.6 Å². The first-order valence-electron chi connectivity index (χ1n) is 6.44. The van der Waals surface area contributed by atoms with E-state index in [0.717, 1.165) is 0 Å². The molecule has 1 unspecified atom stereocenters. The van der Waals surface area contributed by atoms with E-state index < -0.39 is 18.6 Å². The van der Waals surface area contributed by atoms with Crippen LogP contribution in [-0.4, -0.2) is 11.7 Å². The van der Waals surface area contributed by atoms with Gasteiger partial charge in [-0.25, -0.2) is 0 Å². The normalized spacial score (nSPS) is 13.0. The van der Waals surface area contributed by atoms with Crippen molar-refractivity contribution in [3.05, 3.63) is 64.7 Å². The van der Waals surface area contributed by atoms with Gasteiger partial charge in [0.2, 0.25) is 0 Å². The van der Waals surface area contributed by atoms with Crippen molar-refractivity contribution < 1.29 is 18.6 Å². The van der Waals surface area contributed by atoms with Gasteiger partial charge in [-0.1, -0.05) is 48.0 Å². The molecule has 0 heterocycles. The van der Waals surface area contributed by atoms with Gasteiger partial charge in [-0.2, -0.15) is 8.78 Å². The fourth-order valence-electron chi connectivity index (χ4n) is 1.83. The molecule has 2 aromatic rings. The third-order valence-electron chi connectivity index (χ3n) is 3.04. The minimum Gasteiger partial charge on any atom is -0.485 e. The predicted molar refractivity (Wildman–Crippen MR) is 77.9 cm³/mol. The molecule has 0 aliphatic rings. The van der Waals surface area contributed by atoms with Gasteiger partial charge in [0.25, 0.3) is 0 Å². The van der Waals surface area contributed by atoms with Crippen LogP contribution in [0, 0.1) is 0 Å². The lowest BCUT2D eigenvalue weighted by molar-refractivity contribution is -0.0467. The van der Waals surface area contributed by atoms with Crippen molar-refractivity contribution in [1.29, 1.82) is 0 Å². The Bertz CT molecular complexity index is 600. The van der Waals surface area contributed by atoms with Crippen LogP contribution in [0.3, 0.4) is 0 Å². The Morgan fingerprint density at radius 2 is 1.86 bits per heavy atom. The maximum absolute atomic E-state index is 14.0. The second-order valence-corrected chi connectivity index (χ2v) is 5.13. The average molecular weight is 313 g/mol. The second kappa shape index (κ2) is 6.41. The summed E-state index contributed by atoms with van der Waals surface area (Å²) >= 11 is 5.97. The van der Waals surface area contributed by atoms with E-state index in [9.17, 15) is 13.9 Å². The first-order chi connectivity index (χ1) is 9.90. The lowest BCUT2D eigenvalue weighted by atomic mass is 10.1. The highest BCUT2D eigenvalue weighted by Crippen LogP contribution is 2.32. The van der Waals surface area contributed by atoms with Crippen LogP contribution in [0.25, 0.3) is 0 Å². The molecule has 0 saturated heterocycles. The number of hydrogen-bond acceptors (Lipinski definition) is 2. The zero-order valence-electron chi connectivity index (χ0n) is 11.4. The maximum atomic E-state index is 14.0.